The molecule has 0 spiro atoms. The summed E-state index contributed by atoms with van der Waals surface area (Å²) in [4.78, 5) is 23.3. The fourth-order valence-electron chi connectivity index (χ4n) is 4.98. The second kappa shape index (κ2) is 10.3. The van der Waals surface area contributed by atoms with E-state index in [0.29, 0.717) is 17.5 Å². The van der Waals surface area contributed by atoms with Gasteiger partial charge in [-0.25, -0.2) is 24.9 Å². The van der Waals surface area contributed by atoms with Crippen LogP contribution in [0, 0.1) is 0 Å². The van der Waals surface area contributed by atoms with Gasteiger partial charge in [-0.15, -0.1) is 0 Å². The van der Waals surface area contributed by atoms with Crippen molar-refractivity contribution in [3.8, 4) is 56.4 Å². The highest BCUT2D eigenvalue weighted by Crippen LogP contribution is 2.38. The molecule has 0 unspecified atom stereocenters. The molecule has 0 aliphatic carbocycles. The van der Waals surface area contributed by atoms with Gasteiger partial charge in [0, 0.05) is 40.2 Å². The van der Waals surface area contributed by atoms with E-state index >= 15 is 0 Å². The molecule has 40 heavy (non-hydrogen) atoms. The van der Waals surface area contributed by atoms with Gasteiger partial charge in [0.1, 0.15) is 6.33 Å². The van der Waals surface area contributed by atoms with E-state index < -0.39 is 0 Å². The van der Waals surface area contributed by atoms with Crippen LogP contribution in [0.1, 0.15) is 0 Å². The molecule has 7 aromatic rings. The SMILES string of the molecule is c1ccc(-c2nc(-c3ccccc3)nc(-c3ccc4ccccc4c3-c3ccc(-c4cncnc4)cc3)n2)cc1. The molecule has 0 saturated carbocycles. The Balaban J connectivity index is 1.46. The zero-order valence-corrected chi connectivity index (χ0v) is 21.5. The molecular formula is C35H23N5. The predicted octanol–water partition coefficient (Wildman–Crippen LogP) is 8.15. The lowest BCUT2D eigenvalue weighted by molar-refractivity contribution is 1.07. The van der Waals surface area contributed by atoms with Crippen LogP contribution in [0.25, 0.3) is 67.2 Å². The van der Waals surface area contributed by atoms with Crippen LogP contribution in [0.15, 0.2) is 140 Å². The molecule has 188 valence electrons. The second-order valence-electron chi connectivity index (χ2n) is 9.45. The van der Waals surface area contributed by atoms with E-state index in [1.165, 1.54) is 0 Å². The van der Waals surface area contributed by atoms with E-state index in [9.17, 15) is 0 Å². The Morgan fingerprint density at radius 1 is 0.375 bits per heavy atom. The van der Waals surface area contributed by atoms with Gasteiger partial charge in [0.15, 0.2) is 17.5 Å². The molecule has 0 amide bonds. The highest BCUT2D eigenvalue weighted by molar-refractivity contribution is 6.03. The van der Waals surface area contributed by atoms with Crippen molar-refractivity contribution in [3.05, 3.63) is 140 Å². The Morgan fingerprint density at radius 2 is 0.925 bits per heavy atom. The van der Waals surface area contributed by atoms with Gasteiger partial charge in [0.25, 0.3) is 0 Å². The van der Waals surface area contributed by atoms with Crippen molar-refractivity contribution < 1.29 is 0 Å². The summed E-state index contributed by atoms with van der Waals surface area (Å²) in [7, 11) is 0. The van der Waals surface area contributed by atoms with E-state index in [-0.39, 0.29) is 0 Å². The van der Waals surface area contributed by atoms with Gasteiger partial charge in [-0.3, -0.25) is 0 Å². The minimum absolute atomic E-state index is 0.633. The van der Waals surface area contributed by atoms with Gasteiger partial charge in [-0.2, -0.15) is 0 Å². The Labute approximate surface area is 231 Å². The smallest absolute Gasteiger partial charge is 0.164 e. The Bertz CT molecular complexity index is 1860. The average Bonchev–Trinajstić information content (AvgIpc) is 3.05. The molecule has 0 saturated heterocycles. The molecule has 0 radical (unpaired) electrons. The van der Waals surface area contributed by atoms with E-state index in [4.69, 9.17) is 15.0 Å². The first-order chi connectivity index (χ1) is 19.8. The average molecular weight is 514 g/mol. The fraction of sp³-hybridized carbons (Fsp3) is 0. The van der Waals surface area contributed by atoms with E-state index in [1.54, 1.807) is 6.33 Å². The summed E-state index contributed by atoms with van der Waals surface area (Å²) in [5.41, 5.74) is 7.04. The lowest BCUT2D eigenvalue weighted by atomic mass is 9.92. The second-order valence-corrected chi connectivity index (χ2v) is 9.45. The normalized spacial score (nSPS) is 11.0. The number of hydrogen-bond donors (Lipinski definition) is 0. The van der Waals surface area contributed by atoms with Crippen molar-refractivity contribution in [2.75, 3.05) is 0 Å². The molecule has 5 aromatic carbocycles. The van der Waals surface area contributed by atoms with Crippen LogP contribution in [0.3, 0.4) is 0 Å². The fourth-order valence-corrected chi connectivity index (χ4v) is 4.98. The number of benzene rings is 5. The van der Waals surface area contributed by atoms with E-state index in [0.717, 1.165) is 49.7 Å². The third-order valence-corrected chi connectivity index (χ3v) is 6.94. The van der Waals surface area contributed by atoms with E-state index in [1.807, 2.05) is 73.1 Å². The quantitative estimate of drug-likeness (QED) is 0.232. The van der Waals surface area contributed by atoms with Gasteiger partial charge < -0.3 is 0 Å². The molecule has 7 rings (SSSR count). The van der Waals surface area contributed by atoms with Gasteiger partial charge in [0.05, 0.1) is 0 Å². The number of nitrogens with zero attached hydrogens (tertiary/aromatic N) is 5. The summed E-state index contributed by atoms with van der Waals surface area (Å²) in [6.07, 6.45) is 5.20. The number of hydrogen-bond acceptors (Lipinski definition) is 5. The zero-order valence-electron chi connectivity index (χ0n) is 21.5. The largest absolute Gasteiger partial charge is 0.244 e. The summed E-state index contributed by atoms with van der Waals surface area (Å²) in [6.45, 7) is 0. The number of aromatic nitrogens is 5. The summed E-state index contributed by atoms with van der Waals surface area (Å²) < 4.78 is 0. The van der Waals surface area contributed by atoms with Crippen molar-refractivity contribution in [3.63, 3.8) is 0 Å². The van der Waals surface area contributed by atoms with Gasteiger partial charge in [-0.1, -0.05) is 115 Å². The lowest BCUT2D eigenvalue weighted by Gasteiger charge is -2.15. The van der Waals surface area contributed by atoms with Crippen LogP contribution < -0.4 is 0 Å². The first kappa shape index (κ1) is 23.6. The molecule has 0 N–H and O–H groups in total. The molecule has 2 heterocycles. The molecular weight excluding hydrogens is 490 g/mol. The lowest BCUT2D eigenvalue weighted by Crippen LogP contribution is -2.01. The zero-order chi connectivity index (χ0) is 26.7. The maximum Gasteiger partial charge on any atom is 0.164 e. The van der Waals surface area contributed by atoms with Crippen LogP contribution in [0.5, 0.6) is 0 Å². The topological polar surface area (TPSA) is 64.5 Å². The molecule has 0 bridgehead atoms. The highest BCUT2D eigenvalue weighted by Gasteiger charge is 2.18. The van der Waals surface area contributed by atoms with Crippen molar-refractivity contribution in [1.82, 2.24) is 24.9 Å². The predicted molar refractivity (Wildman–Crippen MR) is 160 cm³/mol. The third-order valence-electron chi connectivity index (χ3n) is 6.94. The minimum atomic E-state index is 0.633. The third kappa shape index (κ3) is 4.50. The summed E-state index contributed by atoms with van der Waals surface area (Å²) >= 11 is 0. The standard InChI is InChI=1S/C35H23N5/c1-3-10-27(11-4-1)33-38-34(28-12-5-2-6-13-28)40-35(39-33)31-20-19-25-9-7-8-14-30(25)32(31)26-17-15-24(16-18-26)29-21-36-23-37-22-29/h1-23H. The monoisotopic (exact) mass is 513 g/mol. The van der Waals surface area contributed by atoms with Gasteiger partial charge >= 0.3 is 0 Å². The van der Waals surface area contributed by atoms with Crippen LogP contribution >= 0.6 is 0 Å². The molecule has 5 nitrogen and oxygen atoms in total. The molecule has 0 aliphatic heterocycles. The van der Waals surface area contributed by atoms with Crippen molar-refractivity contribution in [2.45, 2.75) is 0 Å². The molecule has 5 heteroatoms. The Morgan fingerprint density at radius 3 is 1.57 bits per heavy atom. The van der Waals surface area contributed by atoms with E-state index in [2.05, 4.69) is 70.6 Å². The molecule has 0 atom stereocenters. The van der Waals surface area contributed by atoms with Crippen molar-refractivity contribution >= 4 is 10.8 Å². The maximum atomic E-state index is 5.02. The Kier molecular flexibility index (Phi) is 6.07. The summed E-state index contributed by atoms with van der Waals surface area (Å²) in [5, 5.41) is 2.29. The summed E-state index contributed by atoms with van der Waals surface area (Å²) in [5.74, 6) is 1.92. The summed E-state index contributed by atoms with van der Waals surface area (Å²) in [6, 6.07) is 41.3. The van der Waals surface area contributed by atoms with Gasteiger partial charge in [-0.05, 0) is 28.0 Å². The van der Waals surface area contributed by atoms with Crippen LogP contribution in [0.4, 0.5) is 0 Å². The van der Waals surface area contributed by atoms with Crippen LogP contribution in [-0.2, 0) is 0 Å². The Hall–Kier alpha value is -5.55. The molecule has 0 fully saturated rings. The molecule has 0 aliphatic rings. The first-order valence-corrected chi connectivity index (χ1v) is 13.1. The van der Waals surface area contributed by atoms with Crippen LogP contribution in [-0.4, -0.2) is 24.9 Å². The van der Waals surface area contributed by atoms with Gasteiger partial charge in [0.2, 0.25) is 0 Å². The maximum absolute atomic E-state index is 5.02. The highest BCUT2D eigenvalue weighted by atomic mass is 15.0. The number of fused-ring (bicyclic) bond motifs is 1. The van der Waals surface area contributed by atoms with Crippen molar-refractivity contribution in [2.24, 2.45) is 0 Å². The number of rotatable bonds is 5. The molecule has 2 aromatic heterocycles. The first-order valence-electron chi connectivity index (χ1n) is 13.1. The van der Waals surface area contributed by atoms with Crippen molar-refractivity contribution in [1.29, 1.82) is 0 Å². The minimum Gasteiger partial charge on any atom is -0.244 e. The van der Waals surface area contributed by atoms with Crippen LogP contribution in [0.2, 0.25) is 0 Å².